The molecule has 234 valence electrons. The molecule has 2 unspecified atom stereocenters. The lowest BCUT2D eigenvalue weighted by Crippen LogP contribution is -2.74. The van der Waals surface area contributed by atoms with Gasteiger partial charge in [-0.05, 0) is 77.0 Å². The third kappa shape index (κ3) is 3.48. The largest absolute Gasteiger partial charge is 0.432 e. The van der Waals surface area contributed by atoms with Gasteiger partial charge < -0.3 is 18.9 Å². The van der Waals surface area contributed by atoms with Crippen molar-refractivity contribution in [2.24, 2.45) is 46.8 Å². The van der Waals surface area contributed by atoms with Crippen LogP contribution in [-0.2, 0) is 48.1 Å². The van der Waals surface area contributed by atoms with E-state index in [2.05, 4.69) is 20.8 Å². The molecule has 8 heterocycles. The van der Waals surface area contributed by atoms with Crippen molar-refractivity contribution in [2.45, 2.75) is 141 Å². The lowest BCUT2D eigenvalue weighted by Gasteiger charge is -2.63. The molecule has 2 saturated carbocycles. The summed E-state index contributed by atoms with van der Waals surface area (Å²) in [7, 11) is 0. The zero-order valence-corrected chi connectivity index (χ0v) is 25.6. The molecule has 0 aromatic rings. The average Bonchev–Trinajstić information content (AvgIpc) is 3.32. The molecule has 8 saturated heterocycles. The maximum Gasteiger partial charge on any atom is 0.314 e. The third-order valence-corrected chi connectivity index (χ3v) is 13.1. The summed E-state index contributed by atoms with van der Waals surface area (Å²) in [6.07, 6.45) is 6.53. The van der Waals surface area contributed by atoms with E-state index in [1.165, 1.54) is 0 Å². The highest BCUT2D eigenvalue weighted by molar-refractivity contribution is 5.81. The monoisotopic (exact) mass is 590 g/mol. The van der Waals surface area contributed by atoms with Crippen molar-refractivity contribution in [3.8, 4) is 0 Å². The van der Waals surface area contributed by atoms with Crippen LogP contribution in [0.25, 0.3) is 0 Å². The van der Waals surface area contributed by atoms with Crippen LogP contribution in [0.15, 0.2) is 0 Å². The number of fused-ring (bicyclic) bond motifs is 4. The summed E-state index contributed by atoms with van der Waals surface area (Å²) < 4.78 is 25.3. The number of ether oxygens (including phenoxy) is 4. The lowest BCUT2D eigenvalue weighted by atomic mass is 9.49. The van der Waals surface area contributed by atoms with Crippen LogP contribution in [-0.4, -0.2) is 47.3 Å². The summed E-state index contributed by atoms with van der Waals surface area (Å²) in [5.41, 5.74) is -2.78. The molecular weight excluding hydrogens is 544 g/mol. The fraction of sp³-hybridized carbons (Fsp3) is 0.938. The van der Waals surface area contributed by atoms with Gasteiger partial charge in [0.15, 0.2) is 11.2 Å². The van der Waals surface area contributed by atoms with E-state index in [1.54, 1.807) is 0 Å². The average molecular weight is 591 g/mol. The first-order valence-corrected chi connectivity index (χ1v) is 16.5. The molecule has 0 aromatic carbocycles. The molecule has 0 aromatic heterocycles. The Morgan fingerprint density at radius 1 is 0.714 bits per heavy atom. The summed E-state index contributed by atoms with van der Waals surface area (Å²) in [5.74, 6) is -2.57. The number of hydrogen-bond acceptors (Lipinski definition) is 10. The van der Waals surface area contributed by atoms with Gasteiger partial charge in [0.25, 0.3) is 0 Å². The summed E-state index contributed by atoms with van der Waals surface area (Å²) in [6, 6.07) is 0. The predicted molar refractivity (Wildman–Crippen MR) is 143 cm³/mol. The number of rotatable bonds is 4. The van der Waals surface area contributed by atoms with Gasteiger partial charge in [-0.1, -0.05) is 27.2 Å². The second-order valence-electron chi connectivity index (χ2n) is 15.3. The minimum absolute atomic E-state index is 0.110. The summed E-state index contributed by atoms with van der Waals surface area (Å²) in [5, 5.41) is 0. The van der Waals surface area contributed by atoms with Crippen molar-refractivity contribution in [1.82, 2.24) is 0 Å². The van der Waals surface area contributed by atoms with E-state index in [-0.39, 0.29) is 35.6 Å². The Labute approximate surface area is 247 Å². The second-order valence-corrected chi connectivity index (χ2v) is 15.3. The maximum absolute atomic E-state index is 14.4. The van der Waals surface area contributed by atoms with Crippen LogP contribution in [0.3, 0.4) is 0 Å². The highest BCUT2D eigenvalue weighted by Crippen LogP contribution is 2.67. The standard InChI is InChI=1S/C32H46O10/c1-6-13-30(23-10-8-18(3)21-12-15-29(5)38-27(36-25(30)34)32(21,23)42-40-29)16-19-22-9-7-17(2)20-11-14-28(4)37-26(35-24(19)33)31(20,22)41-39-28/h17-23,26-27H,6-16H2,1-5H3/t17-,18-,19?,20+,21+,22+,23+,26-,27-,28-,29-,30?,31-,32-/m1/s1. The molecule has 8 aliphatic heterocycles. The number of esters is 2. The fourth-order valence-corrected chi connectivity index (χ4v) is 11.1. The van der Waals surface area contributed by atoms with Crippen LogP contribution < -0.4 is 0 Å². The van der Waals surface area contributed by atoms with E-state index in [9.17, 15) is 9.59 Å². The van der Waals surface area contributed by atoms with Gasteiger partial charge in [0.1, 0.15) is 0 Å². The molecule has 14 atom stereocenters. The molecule has 0 N–H and O–H groups in total. The normalized spacial score (nSPS) is 57.8. The quantitative estimate of drug-likeness (QED) is 0.315. The van der Waals surface area contributed by atoms with Gasteiger partial charge in [0.05, 0.1) is 11.3 Å². The van der Waals surface area contributed by atoms with Gasteiger partial charge >= 0.3 is 11.9 Å². The van der Waals surface area contributed by atoms with E-state index < -0.39 is 46.7 Å². The smallest absolute Gasteiger partial charge is 0.314 e. The first-order valence-electron chi connectivity index (χ1n) is 16.5. The van der Waals surface area contributed by atoms with Crippen LogP contribution in [0.2, 0.25) is 0 Å². The first-order chi connectivity index (χ1) is 20.0. The molecule has 10 nitrogen and oxygen atoms in total. The lowest BCUT2D eigenvalue weighted by molar-refractivity contribution is -0.564. The minimum atomic E-state index is -0.963. The van der Waals surface area contributed by atoms with Crippen molar-refractivity contribution in [3.05, 3.63) is 0 Å². The van der Waals surface area contributed by atoms with Gasteiger partial charge in [-0.3, -0.25) is 9.59 Å². The van der Waals surface area contributed by atoms with Gasteiger partial charge in [0.2, 0.25) is 24.2 Å². The molecule has 10 aliphatic rings. The molecule has 10 fully saturated rings. The predicted octanol–water partition coefficient (Wildman–Crippen LogP) is 5.32. The molecule has 2 aliphatic carbocycles. The van der Waals surface area contributed by atoms with Gasteiger partial charge in [-0.15, -0.1) is 0 Å². The topological polar surface area (TPSA) is 108 Å². The van der Waals surface area contributed by atoms with E-state index in [4.69, 9.17) is 38.5 Å². The highest BCUT2D eigenvalue weighted by atomic mass is 17.3. The Balaban J connectivity index is 1.22. The van der Waals surface area contributed by atoms with Crippen molar-refractivity contribution in [1.29, 1.82) is 0 Å². The van der Waals surface area contributed by atoms with Crippen molar-refractivity contribution >= 4 is 11.9 Å². The third-order valence-electron chi connectivity index (χ3n) is 13.1. The molecule has 4 bridgehead atoms. The van der Waals surface area contributed by atoms with Crippen molar-refractivity contribution < 1.29 is 48.1 Å². The van der Waals surface area contributed by atoms with Crippen LogP contribution in [0.5, 0.6) is 0 Å². The van der Waals surface area contributed by atoms with Crippen LogP contribution in [0, 0.1) is 46.8 Å². The maximum atomic E-state index is 14.4. The second kappa shape index (κ2) is 9.13. The van der Waals surface area contributed by atoms with Crippen molar-refractivity contribution in [2.75, 3.05) is 0 Å². The summed E-state index contributed by atoms with van der Waals surface area (Å²) in [4.78, 5) is 53.3. The van der Waals surface area contributed by atoms with Crippen LogP contribution in [0.4, 0.5) is 0 Å². The summed E-state index contributed by atoms with van der Waals surface area (Å²) >= 11 is 0. The zero-order valence-electron chi connectivity index (χ0n) is 25.6. The minimum Gasteiger partial charge on any atom is -0.432 e. The van der Waals surface area contributed by atoms with Crippen LogP contribution >= 0.6 is 0 Å². The molecular formula is C32H46O10. The van der Waals surface area contributed by atoms with Gasteiger partial charge in [-0.2, -0.15) is 0 Å². The molecule has 10 rings (SSSR count). The van der Waals surface area contributed by atoms with E-state index in [0.717, 1.165) is 44.9 Å². The first kappa shape index (κ1) is 28.2. The molecule has 0 radical (unpaired) electrons. The summed E-state index contributed by atoms with van der Waals surface area (Å²) in [6.45, 7) is 10.3. The Morgan fingerprint density at radius 2 is 1.31 bits per heavy atom. The molecule has 2 spiro atoms. The Bertz CT molecular complexity index is 1160. The number of carbonyl (C=O) groups excluding carboxylic acids is 2. The molecule has 42 heavy (non-hydrogen) atoms. The number of hydrogen-bond donors (Lipinski definition) is 0. The van der Waals surface area contributed by atoms with Gasteiger partial charge in [-0.25, -0.2) is 19.6 Å². The SMILES string of the molecule is CCCC1(CC2C(=O)O[C@@H]3O[C@@]4(C)CC[C@H]5[C@H](C)CC[C@@H]2[C@@]35OO4)C(=O)O[C@@H]2O[C@@]3(C)CC[C@H]4[C@H](C)CC[C@@H]1[C@@]24OO3. The molecule has 10 heteroatoms. The Hall–Kier alpha value is -1.30. The van der Waals surface area contributed by atoms with Crippen LogP contribution in [0.1, 0.15) is 105 Å². The number of carbonyl (C=O) groups is 2. The highest BCUT2D eigenvalue weighted by Gasteiger charge is 2.76. The Morgan fingerprint density at radius 3 is 1.98 bits per heavy atom. The fourth-order valence-electron chi connectivity index (χ4n) is 11.1. The zero-order chi connectivity index (χ0) is 29.3. The van der Waals surface area contributed by atoms with E-state index in [0.29, 0.717) is 37.5 Å². The van der Waals surface area contributed by atoms with E-state index in [1.807, 2.05) is 13.8 Å². The van der Waals surface area contributed by atoms with Gasteiger partial charge in [0, 0.05) is 36.5 Å². The van der Waals surface area contributed by atoms with E-state index >= 15 is 0 Å². The van der Waals surface area contributed by atoms with Crippen molar-refractivity contribution in [3.63, 3.8) is 0 Å². The molecule has 0 amide bonds. The Kier molecular flexibility index (Phi) is 6.13.